The zero-order valence-corrected chi connectivity index (χ0v) is 13.1. The van der Waals surface area contributed by atoms with Gasteiger partial charge in [-0.3, -0.25) is 4.79 Å². The number of hydrogen-bond acceptors (Lipinski definition) is 3. The van der Waals surface area contributed by atoms with Gasteiger partial charge in [0.1, 0.15) is 5.65 Å². The summed E-state index contributed by atoms with van der Waals surface area (Å²) in [5.74, 6) is -0.323. The van der Waals surface area contributed by atoms with Crippen molar-refractivity contribution in [2.45, 2.75) is 52.4 Å². The Morgan fingerprint density at radius 3 is 2.90 bits per heavy atom. The molecule has 2 aromatic rings. The molecule has 0 spiro atoms. The topological polar surface area (TPSA) is 55.0 Å². The number of aryl methyl sites for hydroxylation is 1. The zero-order valence-electron chi connectivity index (χ0n) is 13.1. The molecule has 2 heterocycles. The van der Waals surface area contributed by atoms with E-state index in [4.69, 9.17) is 4.74 Å². The highest BCUT2D eigenvalue weighted by Gasteiger charge is 2.26. The van der Waals surface area contributed by atoms with Gasteiger partial charge >= 0.3 is 5.97 Å². The lowest BCUT2D eigenvalue weighted by Crippen LogP contribution is -2.16. The van der Waals surface area contributed by atoms with Crippen molar-refractivity contribution in [3.8, 4) is 0 Å². The van der Waals surface area contributed by atoms with E-state index in [0.29, 0.717) is 6.61 Å². The summed E-state index contributed by atoms with van der Waals surface area (Å²) in [4.78, 5) is 20.0. The highest BCUT2D eigenvalue weighted by atomic mass is 16.5. The van der Waals surface area contributed by atoms with Gasteiger partial charge in [-0.25, -0.2) is 4.98 Å². The molecule has 114 valence electrons. The van der Waals surface area contributed by atoms with Gasteiger partial charge in [-0.2, -0.15) is 0 Å². The molecule has 0 aliphatic rings. The van der Waals surface area contributed by atoms with Crippen molar-refractivity contribution in [3.05, 3.63) is 29.6 Å². The van der Waals surface area contributed by atoms with Crippen molar-refractivity contribution in [2.75, 3.05) is 6.61 Å². The Bertz CT molecular complexity index is 604. The Kier molecular flexibility index (Phi) is 5.37. The summed E-state index contributed by atoms with van der Waals surface area (Å²) in [5.41, 5.74) is 2.90. The van der Waals surface area contributed by atoms with Crippen LogP contribution in [0.25, 0.3) is 11.0 Å². The van der Waals surface area contributed by atoms with E-state index in [2.05, 4.69) is 16.9 Å². The largest absolute Gasteiger partial charge is 0.466 e. The molecule has 0 aromatic carbocycles. The smallest absolute Gasteiger partial charge is 0.313 e. The van der Waals surface area contributed by atoms with Crippen LogP contribution in [0.5, 0.6) is 0 Å². The van der Waals surface area contributed by atoms with Crippen molar-refractivity contribution in [3.63, 3.8) is 0 Å². The summed E-state index contributed by atoms with van der Waals surface area (Å²) in [6.07, 6.45) is 5.90. The van der Waals surface area contributed by atoms with Crippen LogP contribution in [0.1, 0.15) is 56.7 Å². The van der Waals surface area contributed by atoms with Crippen LogP contribution in [0.15, 0.2) is 18.3 Å². The lowest BCUT2D eigenvalue weighted by atomic mass is 9.91. The number of nitrogens with zero attached hydrogens (tertiary/aromatic N) is 1. The molecule has 0 saturated carbocycles. The van der Waals surface area contributed by atoms with E-state index >= 15 is 0 Å². The minimum absolute atomic E-state index is 0.124. The van der Waals surface area contributed by atoms with Crippen LogP contribution in [0, 0.1) is 6.92 Å². The maximum atomic E-state index is 12.4. The third-order valence-electron chi connectivity index (χ3n) is 3.82. The minimum atomic E-state index is -0.200. The first-order valence-corrected chi connectivity index (χ1v) is 7.78. The number of esters is 1. The second-order valence-corrected chi connectivity index (χ2v) is 5.36. The molecule has 2 aromatic heterocycles. The van der Waals surface area contributed by atoms with Crippen molar-refractivity contribution in [1.82, 2.24) is 9.97 Å². The Balaban J connectivity index is 2.37. The molecule has 0 bridgehead atoms. The normalized spacial score (nSPS) is 12.5. The molecule has 0 amide bonds. The van der Waals surface area contributed by atoms with Crippen molar-refractivity contribution < 1.29 is 9.53 Å². The standard InChI is InChI=1S/C17H24N2O2/c1-4-6-7-9-14(17(20)21-5-2)15-12(3)19-16-13(15)10-8-11-18-16/h8,10-11,14H,4-7,9H2,1-3H3,(H,18,19). The number of aromatic amines is 1. The summed E-state index contributed by atoms with van der Waals surface area (Å²) in [6.45, 7) is 6.44. The predicted octanol–water partition coefficient (Wildman–Crippen LogP) is 4.10. The molecular formula is C17H24N2O2. The van der Waals surface area contributed by atoms with Gasteiger partial charge in [0.05, 0.1) is 12.5 Å². The Morgan fingerprint density at radius 1 is 1.38 bits per heavy atom. The van der Waals surface area contributed by atoms with Gasteiger partial charge in [0.15, 0.2) is 0 Å². The van der Waals surface area contributed by atoms with E-state index in [-0.39, 0.29) is 11.9 Å². The molecule has 0 aliphatic carbocycles. The van der Waals surface area contributed by atoms with Crippen LogP contribution >= 0.6 is 0 Å². The van der Waals surface area contributed by atoms with Crippen LogP contribution < -0.4 is 0 Å². The van der Waals surface area contributed by atoms with Gasteiger partial charge < -0.3 is 9.72 Å². The number of carbonyl (C=O) groups is 1. The van der Waals surface area contributed by atoms with E-state index < -0.39 is 0 Å². The predicted molar refractivity (Wildman–Crippen MR) is 84.3 cm³/mol. The summed E-state index contributed by atoms with van der Waals surface area (Å²) in [5, 5.41) is 1.03. The molecule has 0 aliphatic heterocycles. The van der Waals surface area contributed by atoms with Crippen LogP contribution in [0.2, 0.25) is 0 Å². The number of fused-ring (bicyclic) bond motifs is 1. The first-order chi connectivity index (χ1) is 10.2. The van der Waals surface area contributed by atoms with Gasteiger partial charge in [0, 0.05) is 17.3 Å². The average molecular weight is 288 g/mol. The maximum Gasteiger partial charge on any atom is 0.313 e. The molecule has 1 unspecified atom stereocenters. The molecule has 4 heteroatoms. The van der Waals surface area contributed by atoms with Gasteiger partial charge in [-0.1, -0.05) is 26.2 Å². The van der Waals surface area contributed by atoms with Gasteiger partial charge in [0.25, 0.3) is 0 Å². The lowest BCUT2D eigenvalue weighted by molar-refractivity contribution is -0.145. The van der Waals surface area contributed by atoms with Crippen LogP contribution in [0.3, 0.4) is 0 Å². The van der Waals surface area contributed by atoms with E-state index in [1.165, 1.54) is 0 Å². The molecule has 1 atom stereocenters. The monoisotopic (exact) mass is 288 g/mol. The second-order valence-electron chi connectivity index (χ2n) is 5.36. The van der Waals surface area contributed by atoms with Crippen molar-refractivity contribution in [1.29, 1.82) is 0 Å². The molecule has 0 radical (unpaired) electrons. The molecule has 0 fully saturated rings. The second kappa shape index (κ2) is 7.25. The quantitative estimate of drug-likeness (QED) is 0.616. The Labute approximate surface area is 125 Å². The average Bonchev–Trinajstić information content (AvgIpc) is 2.80. The van der Waals surface area contributed by atoms with Crippen molar-refractivity contribution >= 4 is 17.0 Å². The fourth-order valence-corrected chi connectivity index (χ4v) is 2.84. The number of rotatable bonds is 7. The van der Waals surface area contributed by atoms with Gasteiger partial charge in [0.2, 0.25) is 0 Å². The number of unbranched alkanes of at least 4 members (excludes halogenated alkanes) is 2. The molecule has 4 nitrogen and oxygen atoms in total. The van der Waals surface area contributed by atoms with E-state index in [1.54, 1.807) is 6.20 Å². The highest BCUT2D eigenvalue weighted by Crippen LogP contribution is 2.32. The molecule has 2 rings (SSSR count). The number of pyridine rings is 1. The zero-order chi connectivity index (χ0) is 15.2. The van der Waals surface area contributed by atoms with Gasteiger partial charge in [-0.05, 0) is 38.0 Å². The first-order valence-electron chi connectivity index (χ1n) is 7.78. The molecule has 1 N–H and O–H groups in total. The Morgan fingerprint density at radius 2 is 2.19 bits per heavy atom. The van der Waals surface area contributed by atoms with E-state index in [9.17, 15) is 4.79 Å². The van der Waals surface area contributed by atoms with Crippen LogP contribution in [-0.4, -0.2) is 22.5 Å². The van der Waals surface area contributed by atoms with Crippen LogP contribution in [-0.2, 0) is 9.53 Å². The maximum absolute atomic E-state index is 12.4. The number of aromatic nitrogens is 2. The van der Waals surface area contributed by atoms with Gasteiger partial charge in [-0.15, -0.1) is 0 Å². The van der Waals surface area contributed by atoms with E-state index in [1.807, 2.05) is 26.0 Å². The van der Waals surface area contributed by atoms with Crippen molar-refractivity contribution in [2.24, 2.45) is 0 Å². The third-order valence-corrected chi connectivity index (χ3v) is 3.82. The third kappa shape index (κ3) is 3.43. The SMILES string of the molecule is CCCCCC(C(=O)OCC)c1c(C)[nH]c2ncccc12. The first kappa shape index (κ1) is 15.5. The number of H-pyrrole nitrogens is 1. The van der Waals surface area contributed by atoms with Crippen LogP contribution in [0.4, 0.5) is 0 Å². The molecule has 21 heavy (non-hydrogen) atoms. The summed E-state index contributed by atoms with van der Waals surface area (Å²) in [6, 6.07) is 3.93. The fraction of sp³-hybridized carbons (Fsp3) is 0.529. The minimum Gasteiger partial charge on any atom is -0.466 e. The summed E-state index contributed by atoms with van der Waals surface area (Å²) in [7, 11) is 0. The molecule has 0 saturated heterocycles. The summed E-state index contributed by atoms with van der Waals surface area (Å²) < 4.78 is 5.29. The lowest BCUT2D eigenvalue weighted by Gasteiger charge is -2.16. The summed E-state index contributed by atoms with van der Waals surface area (Å²) >= 11 is 0. The van der Waals surface area contributed by atoms with E-state index in [0.717, 1.165) is 48.0 Å². The number of ether oxygens (including phenoxy) is 1. The highest BCUT2D eigenvalue weighted by molar-refractivity contribution is 5.89. The number of hydrogen-bond donors (Lipinski definition) is 1. The fourth-order valence-electron chi connectivity index (χ4n) is 2.84. The Hall–Kier alpha value is -1.84. The number of carbonyl (C=O) groups excluding carboxylic acids is 1. The molecular weight excluding hydrogens is 264 g/mol. The number of nitrogens with one attached hydrogen (secondary N) is 1.